The molecule has 0 saturated heterocycles. The summed E-state index contributed by atoms with van der Waals surface area (Å²) in [6.07, 6.45) is 3.06. The van der Waals surface area contributed by atoms with Gasteiger partial charge < -0.3 is 10.6 Å². The van der Waals surface area contributed by atoms with Crippen molar-refractivity contribution in [1.29, 1.82) is 0 Å². The fourth-order valence-corrected chi connectivity index (χ4v) is 2.23. The molecule has 5 nitrogen and oxygen atoms in total. The van der Waals surface area contributed by atoms with Gasteiger partial charge in [-0.3, -0.25) is 9.36 Å². The van der Waals surface area contributed by atoms with Crippen molar-refractivity contribution in [3.05, 3.63) is 48.3 Å². The lowest BCUT2D eigenvalue weighted by Crippen LogP contribution is -2.40. The molecule has 0 aliphatic heterocycles. The van der Waals surface area contributed by atoms with E-state index < -0.39 is 0 Å². The first-order valence-corrected chi connectivity index (χ1v) is 7.08. The lowest BCUT2D eigenvalue weighted by Gasteiger charge is -2.29. The zero-order chi connectivity index (χ0) is 16.3. The number of hydrogen-bond acceptors (Lipinski definition) is 3. The average Bonchev–Trinajstić information content (AvgIpc) is 2.96. The van der Waals surface area contributed by atoms with E-state index in [9.17, 15) is 9.18 Å². The molecule has 0 unspecified atom stereocenters. The van der Waals surface area contributed by atoms with Crippen LogP contribution in [0.4, 0.5) is 4.39 Å². The van der Waals surface area contributed by atoms with Crippen LogP contribution >= 0.6 is 0 Å². The number of nitrogens with zero attached hydrogens (tertiary/aromatic N) is 3. The zero-order valence-corrected chi connectivity index (χ0v) is 13.1. The molecule has 0 atom stereocenters. The van der Waals surface area contributed by atoms with Crippen molar-refractivity contribution in [3.8, 4) is 5.69 Å². The molecule has 22 heavy (non-hydrogen) atoms. The number of imidazole rings is 1. The Morgan fingerprint density at radius 2 is 2.00 bits per heavy atom. The van der Waals surface area contributed by atoms with Gasteiger partial charge in [0.15, 0.2) is 0 Å². The lowest BCUT2D eigenvalue weighted by molar-refractivity contribution is 0.0732. The summed E-state index contributed by atoms with van der Waals surface area (Å²) in [5.41, 5.74) is 6.68. The van der Waals surface area contributed by atoms with Crippen molar-refractivity contribution in [1.82, 2.24) is 14.5 Å². The minimum atomic E-state index is -0.321. The summed E-state index contributed by atoms with van der Waals surface area (Å²) >= 11 is 0. The van der Waals surface area contributed by atoms with Crippen LogP contribution in [0.2, 0.25) is 0 Å². The molecule has 2 rings (SSSR count). The smallest absolute Gasteiger partial charge is 0.272 e. The van der Waals surface area contributed by atoms with Gasteiger partial charge in [-0.15, -0.1) is 0 Å². The third-order valence-electron chi connectivity index (χ3n) is 3.53. The van der Waals surface area contributed by atoms with E-state index in [1.165, 1.54) is 18.3 Å². The highest BCUT2D eigenvalue weighted by atomic mass is 19.1. The Balaban J connectivity index is 2.25. The van der Waals surface area contributed by atoms with Crippen molar-refractivity contribution in [2.75, 3.05) is 20.1 Å². The third kappa shape index (κ3) is 3.51. The summed E-state index contributed by atoms with van der Waals surface area (Å²) in [6, 6.07) is 5.92. The molecular formula is C16H21FN4O. The second-order valence-electron chi connectivity index (χ2n) is 6.15. The van der Waals surface area contributed by atoms with Crippen LogP contribution in [0.5, 0.6) is 0 Å². The largest absolute Gasteiger partial charge is 0.340 e. The van der Waals surface area contributed by atoms with Gasteiger partial charge >= 0.3 is 0 Å². The predicted molar refractivity (Wildman–Crippen MR) is 83.3 cm³/mol. The number of benzene rings is 1. The van der Waals surface area contributed by atoms with E-state index in [-0.39, 0.29) is 17.1 Å². The van der Waals surface area contributed by atoms with E-state index in [0.29, 0.717) is 24.5 Å². The molecule has 118 valence electrons. The molecule has 0 fully saturated rings. The van der Waals surface area contributed by atoms with Crippen LogP contribution in [-0.4, -0.2) is 40.5 Å². The van der Waals surface area contributed by atoms with E-state index in [4.69, 9.17) is 5.73 Å². The van der Waals surface area contributed by atoms with Crippen LogP contribution in [0.1, 0.15) is 24.3 Å². The maximum Gasteiger partial charge on any atom is 0.272 e. The topological polar surface area (TPSA) is 64.2 Å². The van der Waals surface area contributed by atoms with Crippen molar-refractivity contribution >= 4 is 5.91 Å². The van der Waals surface area contributed by atoms with E-state index in [1.54, 1.807) is 35.0 Å². The van der Waals surface area contributed by atoms with E-state index >= 15 is 0 Å². The first kappa shape index (κ1) is 16.2. The van der Waals surface area contributed by atoms with Gasteiger partial charge in [0.05, 0.1) is 12.5 Å². The summed E-state index contributed by atoms with van der Waals surface area (Å²) in [5.74, 6) is -0.470. The van der Waals surface area contributed by atoms with Crippen molar-refractivity contribution < 1.29 is 9.18 Å². The lowest BCUT2D eigenvalue weighted by atomic mass is 9.93. The van der Waals surface area contributed by atoms with Crippen molar-refractivity contribution in [2.24, 2.45) is 11.1 Å². The highest BCUT2D eigenvalue weighted by molar-refractivity contribution is 5.92. The normalized spacial score (nSPS) is 11.5. The molecule has 0 bridgehead atoms. The number of halogens is 1. The van der Waals surface area contributed by atoms with Crippen molar-refractivity contribution in [2.45, 2.75) is 13.8 Å². The van der Waals surface area contributed by atoms with Crippen LogP contribution in [0, 0.1) is 11.2 Å². The van der Waals surface area contributed by atoms with Gasteiger partial charge in [-0.05, 0) is 36.2 Å². The Morgan fingerprint density at radius 3 is 2.59 bits per heavy atom. The fraction of sp³-hybridized carbons (Fsp3) is 0.375. The van der Waals surface area contributed by atoms with E-state index in [2.05, 4.69) is 4.98 Å². The number of carbonyl (C=O) groups is 1. The average molecular weight is 304 g/mol. The maximum absolute atomic E-state index is 13.0. The van der Waals surface area contributed by atoms with Gasteiger partial charge in [-0.25, -0.2) is 9.37 Å². The molecule has 1 amide bonds. The van der Waals surface area contributed by atoms with Crippen LogP contribution < -0.4 is 5.73 Å². The molecule has 0 saturated carbocycles. The molecular weight excluding hydrogens is 283 g/mol. The second-order valence-corrected chi connectivity index (χ2v) is 6.15. The molecule has 2 aromatic rings. The highest BCUT2D eigenvalue weighted by Crippen LogP contribution is 2.17. The number of rotatable bonds is 5. The van der Waals surface area contributed by atoms with Crippen LogP contribution in [-0.2, 0) is 0 Å². The maximum atomic E-state index is 13.0. The summed E-state index contributed by atoms with van der Waals surface area (Å²) < 4.78 is 14.7. The Labute approximate surface area is 129 Å². The number of amides is 1. The van der Waals surface area contributed by atoms with Gasteiger partial charge in [0, 0.05) is 19.3 Å². The summed E-state index contributed by atoms with van der Waals surface area (Å²) in [6.45, 7) is 5.04. The Morgan fingerprint density at radius 1 is 1.36 bits per heavy atom. The number of aromatic nitrogens is 2. The van der Waals surface area contributed by atoms with Gasteiger partial charge in [-0.2, -0.15) is 0 Å². The van der Waals surface area contributed by atoms with Gasteiger partial charge in [0.1, 0.15) is 11.5 Å². The zero-order valence-electron chi connectivity index (χ0n) is 13.1. The molecule has 0 spiro atoms. The molecule has 0 aliphatic carbocycles. The highest BCUT2D eigenvalue weighted by Gasteiger charge is 2.24. The number of carbonyl (C=O) groups excluding carboxylic acids is 1. The molecule has 2 N–H and O–H groups in total. The van der Waals surface area contributed by atoms with Crippen LogP contribution in [0.3, 0.4) is 0 Å². The van der Waals surface area contributed by atoms with Gasteiger partial charge in [-0.1, -0.05) is 13.8 Å². The fourth-order valence-electron chi connectivity index (χ4n) is 2.23. The first-order valence-electron chi connectivity index (χ1n) is 7.08. The minimum absolute atomic E-state index is 0.150. The monoisotopic (exact) mass is 304 g/mol. The minimum Gasteiger partial charge on any atom is -0.340 e. The quantitative estimate of drug-likeness (QED) is 0.919. The SMILES string of the molecule is CN(CC(C)(C)CN)C(=O)c1cncn1-c1ccc(F)cc1. The second kappa shape index (κ2) is 6.27. The van der Waals surface area contributed by atoms with Crippen LogP contribution in [0.25, 0.3) is 5.69 Å². The third-order valence-corrected chi connectivity index (χ3v) is 3.53. The molecule has 0 radical (unpaired) electrons. The summed E-state index contributed by atoms with van der Waals surface area (Å²) in [7, 11) is 1.74. The molecule has 6 heteroatoms. The van der Waals surface area contributed by atoms with Gasteiger partial charge in [0.2, 0.25) is 0 Å². The Bertz CT molecular complexity index is 648. The number of nitrogens with two attached hydrogens (primary N) is 1. The Kier molecular flexibility index (Phi) is 4.61. The molecule has 1 heterocycles. The standard InChI is InChI=1S/C16H21FN4O/c1-16(2,9-18)10-20(3)15(22)14-8-19-11-21(14)13-6-4-12(17)5-7-13/h4-8,11H,9-10,18H2,1-3H3. The van der Waals surface area contributed by atoms with Crippen LogP contribution in [0.15, 0.2) is 36.8 Å². The first-order chi connectivity index (χ1) is 10.3. The molecule has 1 aromatic heterocycles. The van der Waals surface area contributed by atoms with Crippen molar-refractivity contribution in [3.63, 3.8) is 0 Å². The predicted octanol–water partition coefficient (Wildman–Crippen LogP) is 2.07. The van der Waals surface area contributed by atoms with E-state index in [1.807, 2.05) is 13.8 Å². The molecule has 1 aromatic carbocycles. The number of hydrogen-bond donors (Lipinski definition) is 1. The Hall–Kier alpha value is -2.21. The van der Waals surface area contributed by atoms with Gasteiger partial charge in [0.25, 0.3) is 5.91 Å². The summed E-state index contributed by atoms with van der Waals surface area (Å²) in [5, 5.41) is 0. The van der Waals surface area contributed by atoms with E-state index in [0.717, 1.165) is 0 Å². The molecule has 0 aliphatic rings. The summed E-state index contributed by atoms with van der Waals surface area (Å²) in [4.78, 5) is 18.3.